The summed E-state index contributed by atoms with van der Waals surface area (Å²) >= 11 is 3.45. The monoisotopic (exact) mass is 386 g/mol. The highest BCUT2D eigenvalue weighted by molar-refractivity contribution is 9.10. The third-order valence-electron chi connectivity index (χ3n) is 3.74. The van der Waals surface area contributed by atoms with E-state index in [1.165, 1.54) is 0 Å². The Morgan fingerprint density at radius 2 is 2.00 bits per heavy atom. The van der Waals surface area contributed by atoms with E-state index in [1.54, 1.807) is 11.1 Å². The maximum atomic E-state index is 13.1. The molecule has 5 nitrogen and oxygen atoms in total. The molecule has 0 bridgehead atoms. The summed E-state index contributed by atoms with van der Waals surface area (Å²) in [5, 5.41) is 0. The van der Waals surface area contributed by atoms with E-state index in [-0.39, 0.29) is 5.91 Å². The first kappa shape index (κ1) is 16.7. The predicted octanol–water partition coefficient (Wildman–Crippen LogP) is 3.31. The lowest BCUT2D eigenvalue weighted by atomic mass is 10.2. The van der Waals surface area contributed by atoms with E-state index in [2.05, 4.69) is 25.8 Å². The molecule has 3 rings (SSSR count). The summed E-state index contributed by atoms with van der Waals surface area (Å²) in [5.74, 6) is 0.621. The first-order valence-corrected chi connectivity index (χ1v) is 8.49. The molecule has 0 unspecified atom stereocenters. The number of rotatable bonds is 5. The smallest absolute Gasteiger partial charge is 0.261 e. The standard InChI is InChI=1S/C18H19BrN4O/c1-21(2)9-10-23(17-5-3-4-8-20-17)18(24)14-11-16-7-6-15(19)13-22(16)12-14/h3-8,11-13H,9-10H2,1-2H3. The van der Waals surface area contributed by atoms with E-state index in [0.29, 0.717) is 17.9 Å². The molecule has 0 fully saturated rings. The zero-order valence-electron chi connectivity index (χ0n) is 13.7. The zero-order valence-corrected chi connectivity index (χ0v) is 15.3. The molecule has 3 aromatic heterocycles. The number of hydrogen-bond acceptors (Lipinski definition) is 3. The number of hydrogen-bond donors (Lipinski definition) is 0. The van der Waals surface area contributed by atoms with Gasteiger partial charge in [0.05, 0.1) is 5.56 Å². The summed E-state index contributed by atoms with van der Waals surface area (Å²) in [6, 6.07) is 11.5. The van der Waals surface area contributed by atoms with Crippen LogP contribution in [0.4, 0.5) is 5.82 Å². The molecule has 0 radical (unpaired) electrons. The first-order chi connectivity index (χ1) is 11.5. The van der Waals surface area contributed by atoms with Crippen LogP contribution in [0.2, 0.25) is 0 Å². The van der Waals surface area contributed by atoms with Crippen LogP contribution >= 0.6 is 15.9 Å². The average molecular weight is 387 g/mol. The van der Waals surface area contributed by atoms with Gasteiger partial charge in [0.2, 0.25) is 0 Å². The molecule has 3 heterocycles. The lowest BCUT2D eigenvalue weighted by molar-refractivity contribution is 0.0984. The normalized spacial score (nSPS) is 11.2. The summed E-state index contributed by atoms with van der Waals surface area (Å²) in [7, 11) is 3.98. The molecule has 124 valence electrons. The number of aromatic nitrogens is 2. The van der Waals surface area contributed by atoms with Crippen molar-refractivity contribution in [2.24, 2.45) is 0 Å². The van der Waals surface area contributed by atoms with Gasteiger partial charge in [0.1, 0.15) is 5.82 Å². The van der Waals surface area contributed by atoms with Crippen molar-refractivity contribution in [3.63, 3.8) is 0 Å². The molecule has 0 aliphatic rings. The fourth-order valence-electron chi connectivity index (χ4n) is 2.49. The van der Waals surface area contributed by atoms with Crippen molar-refractivity contribution in [1.82, 2.24) is 14.3 Å². The molecular formula is C18H19BrN4O. The molecule has 0 aliphatic carbocycles. The molecule has 24 heavy (non-hydrogen) atoms. The largest absolute Gasteiger partial charge is 0.322 e. The summed E-state index contributed by atoms with van der Waals surface area (Å²) in [5.41, 5.74) is 1.63. The number of amides is 1. The van der Waals surface area contributed by atoms with Gasteiger partial charge in [-0.2, -0.15) is 0 Å². The Morgan fingerprint density at radius 1 is 1.17 bits per heavy atom. The van der Waals surface area contributed by atoms with E-state index < -0.39 is 0 Å². The Balaban J connectivity index is 1.94. The van der Waals surface area contributed by atoms with Crippen molar-refractivity contribution in [3.8, 4) is 0 Å². The predicted molar refractivity (Wildman–Crippen MR) is 99.6 cm³/mol. The van der Waals surface area contributed by atoms with Gasteiger partial charge in [0, 0.05) is 41.7 Å². The Hall–Kier alpha value is -2.18. The van der Waals surface area contributed by atoms with Crippen molar-refractivity contribution in [2.45, 2.75) is 0 Å². The van der Waals surface area contributed by atoms with Crippen LogP contribution in [0.5, 0.6) is 0 Å². The molecule has 0 atom stereocenters. The molecule has 0 N–H and O–H groups in total. The van der Waals surface area contributed by atoms with Gasteiger partial charge in [-0.3, -0.25) is 9.69 Å². The van der Waals surface area contributed by atoms with Crippen LogP contribution < -0.4 is 4.90 Å². The van der Waals surface area contributed by atoms with Gasteiger partial charge in [-0.25, -0.2) is 4.98 Å². The minimum Gasteiger partial charge on any atom is -0.322 e. The van der Waals surface area contributed by atoms with Crippen LogP contribution in [-0.4, -0.2) is 47.4 Å². The quantitative estimate of drug-likeness (QED) is 0.675. The van der Waals surface area contributed by atoms with Gasteiger partial charge in [-0.1, -0.05) is 6.07 Å². The topological polar surface area (TPSA) is 40.9 Å². The minimum absolute atomic E-state index is 0.0460. The van der Waals surface area contributed by atoms with Gasteiger partial charge < -0.3 is 9.30 Å². The van der Waals surface area contributed by atoms with Crippen molar-refractivity contribution >= 4 is 33.2 Å². The number of carbonyl (C=O) groups excluding carboxylic acids is 1. The fraction of sp³-hybridized carbons (Fsp3) is 0.222. The highest BCUT2D eigenvalue weighted by atomic mass is 79.9. The molecule has 6 heteroatoms. The van der Waals surface area contributed by atoms with Crippen LogP contribution in [0.3, 0.4) is 0 Å². The van der Waals surface area contributed by atoms with E-state index in [4.69, 9.17) is 0 Å². The van der Waals surface area contributed by atoms with E-state index in [9.17, 15) is 4.79 Å². The number of nitrogens with zero attached hydrogens (tertiary/aromatic N) is 4. The van der Waals surface area contributed by atoms with E-state index in [0.717, 1.165) is 16.5 Å². The summed E-state index contributed by atoms with van der Waals surface area (Å²) in [6.45, 7) is 1.35. The number of likely N-dealkylation sites (N-methyl/N-ethyl adjacent to an activating group) is 1. The van der Waals surface area contributed by atoms with Crippen LogP contribution in [0.25, 0.3) is 5.52 Å². The molecule has 0 saturated carbocycles. The Labute approximate surface area is 149 Å². The van der Waals surface area contributed by atoms with Crippen LogP contribution in [-0.2, 0) is 0 Å². The second-order valence-electron chi connectivity index (χ2n) is 5.86. The molecule has 1 amide bonds. The highest BCUT2D eigenvalue weighted by Crippen LogP contribution is 2.19. The Kier molecular flexibility index (Phi) is 4.97. The fourth-order valence-corrected chi connectivity index (χ4v) is 2.84. The SMILES string of the molecule is CN(C)CCN(C(=O)c1cc2ccc(Br)cn2c1)c1ccccn1. The van der Waals surface area contributed by atoms with Crippen LogP contribution in [0.15, 0.2) is 59.5 Å². The summed E-state index contributed by atoms with van der Waals surface area (Å²) < 4.78 is 2.92. The Morgan fingerprint density at radius 3 is 2.71 bits per heavy atom. The van der Waals surface area contributed by atoms with Crippen LogP contribution in [0.1, 0.15) is 10.4 Å². The number of anilines is 1. The second-order valence-corrected chi connectivity index (χ2v) is 6.77. The van der Waals surface area contributed by atoms with Gasteiger partial charge in [0.25, 0.3) is 5.91 Å². The molecule has 3 aromatic rings. The number of carbonyl (C=O) groups is 1. The summed E-state index contributed by atoms with van der Waals surface area (Å²) in [4.78, 5) is 21.2. The molecule has 0 spiro atoms. The maximum absolute atomic E-state index is 13.1. The second kappa shape index (κ2) is 7.15. The molecule has 0 aliphatic heterocycles. The molecule has 0 saturated heterocycles. The zero-order chi connectivity index (χ0) is 17.1. The molecular weight excluding hydrogens is 368 g/mol. The summed E-state index contributed by atoms with van der Waals surface area (Å²) in [6.07, 6.45) is 5.50. The lowest BCUT2D eigenvalue weighted by Gasteiger charge is -2.23. The minimum atomic E-state index is -0.0460. The van der Waals surface area contributed by atoms with Gasteiger partial charge in [-0.05, 0) is 60.4 Å². The first-order valence-electron chi connectivity index (χ1n) is 7.69. The number of fused-ring (bicyclic) bond motifs is 1. The number of halogens is 1. The van der Waals surface area contributed by atoms with Gasteiger partial charge in [0.15, 0.2) is 0 Å². The van der Waals surface area contributed by atoms with Crippen molar-refractivity contribution in [2.75, 3.05) is 32.1 Å². The van der Waals surface area contributed by atoms with E-state index in [1.807, 2.05) is 67.3 Å². The maximum Gasteiger partial charge on any atom is 0.261 e. The third kappa shape index (κ3) is 3.66. The van der Waals surface area contributed by atoms with Crippen molar-refractivity contribution in [3.05, 3.63) is 65.0 Å². The van der Waals surface area contributed by atoms with Gasteiger partial charge in [-0.15, -0.1) is 0 Å². The van der Waals surface area contributed by atoms with Crippen molar-refractivity contribution in [1.29, 1.82) is 0 Å². The average Bonchev–Trinajstić information content (AvgIpc) is 2.98. The van der Waals surface area contributed by atoms with Gasteiger partial charge >= 0.3 is 0 Å². The Bertz CT molecular complexity index is 845. The van der Waals surface area contributed by atoms with Crippen molar-refractivity contribution < 1.29 is 4.79 Å². The lowest BCUT2D eigenvalue weighted by Crippen LogP contribution is -2.37. The third-order valence-corrected chi connectivity index (χ3v) is 4.21. The number of pyridine rings is 2. The molecule has 0 aromatic carbocycles. The highest BCUT2D eigenvalue weighted by Gasteiger charge is 2.20. The van der Waals surface area contributed by atoms with E-state index >= 15 is 0 Å². The van der Waals surface area contributed by atoms with Crippen LogP contribution in [0, 0.1) is 0 Å².